The summed E-state index contributed by atoms with van der Waals surface area (Å²) in [4.78, 5) is 32.8. The number of para-hydroxylation sites is 2. The normalized spacial score (nSPS) is 20.0. The molecule has 1 spiro atoms. The van der Waals surface area contributed by atoms with Crippen LogP contribution in [0.25, 0.3) is 5.82 Å². The van der Waals surface area contributed by atoms with Gasteiger partial charge in [-0.15, -0.1) is 0 Å². The lowest BCUT2D eigenvalue weighted by Gasteiger charge is -2.45. The SMILES string of the molecule is N#CC1=C(n2cccc2)N(c2ccccc2)C2=C(C(=O)CCC2)[C@@]12C(=O)N(Cc1ccccc1Cl)c1ccccc12. The number of nitriles is 1. The molecule has 1 amide bonds. The summed E-state index contributed by atoms with van der Waals surface area (Å²) in [6.07, 6.45) is 5.33. The van der Waals surface area contributed by atoms with Crippen LogP contribution in [0.4, 0.5) is 11.4 Å². The Morgan fingerprint density at radius 1 is 0.854 bits per heavy atom. The van der Waals surface area contributed by atoms with Gasteiger partial charge in [0.25, 0.3) is 0 Å². The molecule has 1 atom stereocenters. The van der Waals surface area contributed by atoms with Crippen LogP contribution in [-0.4, -0.2) is 16.3 Å². The predicted octanol–water partition coefficient (Wildman–Crippen LogP) is 6.85. The van der Waals surface area contributed by atoms with Crippen LogP contribution in [0.15, 0.2) is 120 Å². The third-order valence-electron chi connectivity index (χ3n) is 8.27. The maximum Gasteiger partial charge on any atom is 0.248 e. The van der Waals surface area contributed by atoms with E-state index in [-0.39, 0.29) is 23.8 Å². The van der Waals surface area contributed by atoms with Crippen molar-refractivity contribution in [2.75, 3.05) is 9.80 Å². The summed E-state index contributed by atoms with van der Waals surface area (Å²) in [6, 6.07) is 30.9. The van der Waals surface area contributed by atoms with Crippen molar-refractivity contribution in [3.8, 4) is 6.07 Å². The van der Waals surface area contributed by atoms with Crippen LogP contribution in [0.2, 0.25) is 5.02 Å². The average Bonchev–Trinajstić information content (AvgIpc) is 3.61. The van der Waals surface area contributed by atoms with Gasteiger partial charge in [0.1, 0.15) is 17.3 Å². The van der Waals surface area contributed by atoms with E-state index in [1.54, 1.807) is 11.0 Å². The molecule has 1 aliphatic carbocycles. The number of ketones is 1. The molecule has 0 bridgehead atoms. The number of hydrogen-bond donors (Lipinski definition) is 0. The van der Waals surface area contributed by atoms with Gasteiger partial charge in [0, 0.05) is 52.0 Å². The molecule has 2 aliphatic heterocycles. The molecule has 0 fully saturated rings. The van der Waals surface area contributed by atoms with E-state index in [2.05, 4.69) is 6.07 Å². The zero-order valence-electron chi connectivity index (χ0n) is 22.1. The molecule has 3 aliphatic rings. The van der Waals surface area contributed by atoms with E-state index in [4.69, 9.17) is 11.6 Å². The summed E-state index contributed by atoms with van der Waals surface area (Å²) >= 11 is 6.55. The molecule has 0 saturated carbocycles. The number of fused-ring (bicyclic) bond motifs is 3. The van der Waals surface area contributed by atoms with Crippen molar-refractivity contribution in [3.63, 3.8) is 0 Å². The second kappa shape index (κ2) is 9.65. The number of nitrogens with zero attached hydrogens (tertiary/aromatic N) is 4. The first kappa shape index (κ1) is 25.1. The van der Waals surface area contributed by atoms with Gasteiger partial charge >= 0.3 is 0 Å². The van der Waals surface area contributed by atoms with Crippen molar-refractivity contribution >= 4 is 40.5 Å². The van der Waals surface area contributed by atoms with E-state index < -0.39 is 5.41 Å². The van der Waals surface area contributed by atoms with E-state index in [9.17, 15) is 10.1 Å². The zero-order valence-corrected chi connectivity index (χ0v) is 22.9. The van der Waals surface area contributed by atoms with E-state index in [1.165, 1.54) is 0 Å². The number of amides is 1. The highest BCUT2D eigenvalue weighted by molar-refractivity contribution is 6.31. The molecule has 0 radical (unpaired) electrons. The molecule has 41 heavy (non-hydrogen) atoms. The Hall–Kier alpha value is -4.86. The van der Waals surface area contributed by atoms with Crippen LogP contribution in [0.3, 0.4) is 0 Å². The third kappa shape index (κ3) is 3.56. The number of rotatable bonds is 4. The standard InChI is InChI=1S/C34H25ClN4O2/c35-27-15-6-4-11-23(27)22-38-28-16-7-5-14-25(28)34(33(38)41)26(21-36)32(37-19-8-9-20-37)39(24-12-2-1-3-13-24)29-17-10-18-30(40)31(29)34/h1-9,11-16,19-20H,10,17-18,22H2/t34-/m0/s1. The van der Waals surface area contributed by atoms with Gasteiger partial charge in [-0.2, -0.15) is 5.26 Å². The highest BCUT2D eigenvalue weighted by Gasteiger charge is 2.62. The monoisotopic (exact) mass is 556 g/mol. The maximum absolute atomic E-state index is 15.1. The molecule has 7 rings (SSSR count). The number of aromatic nitrogens is 1. The highest BCUT2D eigenvalue weighted by Crippen LogP contribution is 2.58. The second-order valence-electron chi connectivity index (χ2n) is 10.4. The summed E-state index contributed by atoms with van der Waals surface area (Å²) in [7, 11) is 0. The summed E-state index contributed by atoms with van der Waals surface area (Å²) < 4.78 is 1.88. The Bertz CT molecular complexity index is 1820. The van der Waals surface area contributed by atoms with Gasteiger partial charge in [0.05, 0.1) is 12.1 Å². The molecule has 4 aromatic rings. The van der Waals surface area contributed by atoms with Gasteiger partial charge in [-0.25, -0.2) is 0 Å². The van der Waals surface area contributed by atoms with Gasteiger partial charge in [-0.1, -0.05) is 66.2 Å². The van der Waals surface area contributed by atoms with Crippen molar-refractivity contribution in [2.24, 2.45) is 0 Å². The molecule has 200 valence electrons. The van der Waals surface area contributed by atoms with Gasteiger partial charge in [-0.3, -0.25) is 14.5 Å². The lowest BCUT2D eigenvalue weighted by atomic mass is 9.63. The van der Waals surface area contributed by atoms with Gasteiger partial charge < -0.3 is 9.47 Å². The fourth-order valence-electron chi connectivity index (χ4n) is 6.61. The second-order valence-corrected chi connectivity index (χ2v) is 10.8. The quantitative estimate of drug-likeness (QED) is 0.276. The van der Waals surface area contributed by atoms with E-state index in [0.29, 0.717) is 46.9 Å². The first-order valence-corrected chi connectivity index (χ1v) is 14.0. The number of carbonyl (C=O) groups excluding carboxylic acids is 2. The smallest absolute Gasteiger partial charge is 0.248 e. The number of carbonyl (C=O) groups is 2. The van der Waals surface area contributed by atoms with Crippen LogP contribution >= 0.6 is 11.6 Å². The molecule has 7 heteroatoms. The minimum absolute atomic E-state index is 0.103. The van der Waals surface area contributed by atoms with Crippen LogP contribution < -0.4 is 9.80 Å². The molecular weight excluding hydrogens is 532 g/mol. The minimum atomic E-state index is -1.58. The summed E-state index contributed by atoms with van der Waals surface area (Å²) in [5.41, 5.74) is 2.75. The molecule has 0 unspecified atom stereocenters. The van der Waals surface area contributed by atoms with Crippen molar-refractivity contribution in [1.82, 2.24) is 4.57 Å². The number of allylic oxidation sites excluding steroid dienone is 1. The van der Waals surface area contributed by atoms with Crippen molar-refractivity contribution in [3.05, 3.63) is 136 Å². The fraction of sp³-hybridized carbons (Fsp3) is 0.147. The predicted molar refractivity (Wildman–Crippen MR) is 159 cm³/mol. The first-order valence-electron chi connectivity index (χ1n) is 13.6. The lowest BCUT2D eigenvalue weighted by Crippen LogP contribution is -2.51. The van der Waals surface area contributed by atoms with E-state index in [1.807, 2.05) is 107 Å². The molecule has 3 heterocycles. The van der Waals surface area contributed by atoms with Crippen LogP contribution in [0.1, 0.15) is 30.4 Å². The van der Waals surface area contributed by atoms with E-state index >= 15 is 4.79 Å². The Kier molecular flexibility index (Phi) is 5.92. The summed E-state index contributed by atoms with van der Waals surface area (Å²) in [6.45, 7) is 0.216. The van der Waals surface area contributed by atoms with Crippen LogP contribution in [0.5, 0.6) is 0 Å². The van der Waals surface area contributed by atoms with E-state index in [0.717, 1.165) is 16.9 Å². The molecule has 3 aromatic carbocycles. The van der Waals surface area contributed by atoms with Crippen molar-refractivity contribution in [1.29, 1.82) is 5.26 Å². The largest absolute Gasteiger partial charge is 0.309 e. The number of halogens is 1. The van der Waals surface area contributed by atoms with Crippen molar-refractivity contribution in [2.45, 2.75) is 31.2 Å². The molecule has 1 aromatic heterocycles. The van der Waals surface area contributed by atoms with Crippen molar-refractivity contribution < 1.29 is 9.59 Å². The highest BCUT2D eigenvalue weighted by atomic mass is 35.5. The third-order valence-corrected chi connectivity index (χ3v) is 8.64. The number of benzene rings is 3. The fourth-order valence-corrected chi connectivity index (χ4v) is 6.80. The Morgan fingerprint density at radius 2 is 1.56 bits per heavy atom. The molecule has 6 nitrogen and oxygen atoms in total. The lowest BCUT2D eigenvalue weighted by molar-refractivity contribution is -0.124. The summed E-state index contributed by atoms with van der Waals surface area (Å²) in [5, 5.41) is 11.6. The van der Waals surface area contributed by atoms with Crippen LogP contribution in [0, 0.1) is 11.3 Å². The zero-order chi connectivity index (χ0) is 28.1. The minimum Gasteiger partial charge on any atom is -0.309 e. The number of Topliss-reactive ketones (excluding diaryl/α,β-unsaturated/α-hetero) is 1. The summed E-state index contributed by atoms with van der Waals surface area (Å²) in [5.74, 6) is 0.143. The van der Waals surface area contributed by atoms with Crippen LogP contribution in [-0.2, 0) is 21.5 Å². The molecule has 0 saturated heterocycles. The average molecular weight is 557 g/mol. The van der Waals surface area contributed by atoms with Gasteiger partial charge in [-0.05, 0) is 54.8 Å². The molecule has 0 N–H and O–H groups in total. The Balaban J connectivity index is 1.57. The Morgan fingerprint density at radius 3 is 2.32 bits per heavy atom. The van der Waals surface area contributed by atoms with Gasteiger partial charge in [0.15, 0.2) is 5.78 Å². The topological polar surface area (TPSA) is 69.3 Å². The maximum atomic E-state index is 15.1. The number of anilines is 2. The Labute approximate surface area is 243 Å². The first-order chi connectivity index (χ1) is 20.1. The number of hydrogen-bond acceptors (Lipinski definition) is 4. The molecular formula is C34H25ClN4O2. The van der Waals surface area contributed by atoms with Gasteiger partial charge in [0.2, 0.25) is 5.91 Å².